The second-order valence-electron chi connectivity index (χ2n) is 4.47. The van der Waals surface area contributed by atoms with E-state index in [2.05, 4.69) is 33.5 Å². The Balaban J connectivity index is 2.06. The maximum absolute atomic E-state index is 4.52. The lowest BCUT2D eigenvalue weighted by atomic mass is 10.0. The van der Waals surface area contributed by atoms with Gasteiger partial charge in [0.1, 0.15) is 0 Å². The quantitative estimate of drug-likeness (QED) is 0.775. The summed E-state index contributed by atoms with van der Waals surface area (Å²) in [6.07, 6.45) is 5.60. The smallest absolute Gasteiger partial charge is 0.0702 e. The minimum absolute atomic E-state index is 0.116. The van der Waals surface area contributed by atoms with E-state index in [0.717, 1.165) is 22.0 Å². The van der Waals surface area contributed by atoms with E-state index in [-0.39, 0.29) is 6.04 Å². The summed E-state index contributed by atoms with van der Waals surface area (Å²) in [5.41, 5.74) is 3.31. The van der Waals surface area contributed by atoms with E-state index in [1.807, 2.05) is 43.7 Å². The molecule has 1 unspecified atom stereocenters. The molecule has 0 spiro atoms. The van der Waals surface area contributed by atoms with E-state index in [0.29, 0.717) is 0 Å². The zero-order valence-electron chi connectivity index (χ0n) is 10.7. The highest BCUT2D eigenvalue weighted by Crippen LogP contribution is 2.23. The molecule has 2 heterocycles. The molecule has 0 aliphatic heterocycles. The molecule has 0 aliphatic rings. The summed E-state index contributed by atoms with van der Waals surface area (Å²) in [5.74, 6) is 0. The van der Waals surface area contributed by atoms with Crippen molar-refractivity contribution in [3.8, 4) is 0 Å². The topological polar surface area (TPSA) is 37.8 Å². The Morgan fingerprint density at radius 1 is 1.00 bits per heavy atom. The first-order valence-corrected chi connectivity index (χ1v) is 6.30. The van der Waals surface area contributed by atoms with Crippen LogP contribution in [0.5, 0.6) is 0 Å². The van der Waals surface area contributed by atoms with Crippen LogP contribution < -0.4 is 5.32 Å². The number of nitrogens with zero attached hydrogens (tertiary/aromatic N) is 2. The lowest BCUT2D eigenvalue weighted by Crippen LogP contribution is -2.17. The van der Waals surface area contributed by atoms with E-state index in [1.54, 1.807) is 6.20 Å². The van der Waals surface area contributed by atoms with Crippen LogP contribution in [0.15, 0.2) is 61.1 Å². The fraction of sp³-hybridized carbons (Fsp3) is 0.125. The number of hydrogen-bond donors (Lipinski definition) is 1. The zero-order chi connectivity index (χ0) is 13.1. The predicted molar refractivity (Wildman–Crippen MR) is 76.9 cm³/mol. The highest BCUT2D eigenvalue weighted by molar-refractivity contribution is 5.78. The maximum Gasteiger partial charge on any atom is 0.0702 e. The van der Waals surface area contributed by atoms with Gasteiger partial charge in [-0.05, 0) is 36.4 Å². The van der Waals surface area contributed by atoms with Gasteiger partial charge in [-0.2, -0.15) is 0 Å². The fourth-order valence-corrected chi connectivity index (χ4v) is 2.32. The lowest BCUT2D eigenvalue weighted by Gasteiger charge is -2.16. The van der Waals surface area contributed by atoms with Crippen LogP contribution in [0.3, 0.4) is 0 Å². The summed E-state index contributed by atoms with van der Waals surface area (Å²) in [7, 11) is 1.95. The molecule has 0 amide bonds. The van der Waals surface area contributed by atoms with Gasteiger partial charge >= 0.3 is 0 Å². The second-order valence-corrected chi connectivity index (χ2v) is 4.47. The van der Waals surface area contributed by atoms with Gasteiger partial charge < -0.3 is 5.32 Å². The molecule has 19 heavy (non-hydrogen) atoms. The molecule has 3 aromatic rings. The van der Waals surface area contributed by atoms with Crippen molar-refractivity contribution in [1.82, 2.24) is 15.3 Å². The SMILES string of the molecule is CNC(c1cccnc1)c1cnc2ccccc2c1. The number of pyridine rings is 2. The van der Waals surface area contributed by atoms with Gasteiger partial charge in [-0.15, -0.1) is 0 Å². The number of aromatic nitrogens is 2. The highest BCUT2D eigenvalue weighted by Gasteiger charge is 2.12. The van der Waals surface area contributed by atoms with E-state index in [1.165, 1.54) is 0 Å². The van der Waals surface area contributed by atoms with Crippen molar-refractivity contribution in [3.05, 3.63) is 72.2 Å². The van der Waals surface area contributed by atoms with Gasteiger partial charge in [0.15, 0.2) is 0 Å². The number of benzene rings is 1. The van der Waals surface area contributed by atoms with Crippen LogP contribution in [0.2, 0.25) is 0 Å². The summed E-state index contributed by atoms with van der Waals surface area (Å²) >= 11 is 0. The molecule has 94 valence electrons. The average Bonchev–Trinajstić information content (AvgIpc) is 2.49. The Morgan fingerprint density at radius 3 is 2.68 bits per heavy atom. The molecule has 3 rings (SSSR count). The van der Waals surface area contributed by atoms with Crippen molar-refractivity contribution in [2.75, 3.05) is 7.05 Å². The first-order chi connectivity index (χ1) is 9.38. The summed E-state index contributed by atoms with van der Waals surface area (Å²) in [5, 5.41) is 4.48. The highest BCUT2D eigenvalue weighted by atomic mass is 14.9. The van der Waals surface area contributed by atoms with Gasteiger partial charge in [-0.3, -0.25) is 9.97 Å². The molecular weight excluding hydrogens is 234 g/mol. The van der Waals surface area contributed by atoms with Crippen LogP contribution >= 0.6 is 0 Å². The van der Waals surface area contributed by atoms with Gasteiger partial charge in [0.25, 0.3) is 0 Å². The van der Waals surface area contributed by atoms with Crippen molar-refractivity contribution >= 4 is 10.9 Å². The van der Waals surface area contributed by atoms with Gasteiger partial charge in [0.2, 0.25) is 0 Å². The summed E-state index contributed by atoms with van der Waals surface area (Å²) in [6.45, 7) is 0. The fourth-order valence-electron chi connectivity index (χ4n) is 2.32. The van der Waals surface area contributed by atoms with Crippen molar-refractivity contribution in [2.24, 2.45) is 0 Å². The van der Waals surface area contributed by atoms with E-state index in [9.17, 15) is 0 Å². The Morgan fingerprint density at radius 2 is 1.89 bits per heavy atom. The second kappa shape index (κ2) is 5.16. The standard InChI is InChI=1S/C16H15N3/c1-17-16(13-6-4-8-18-10-13)14-9-12-5-2-3-7-15(12)19-11-14/h2-11,16-17H,1H3. The van der Waals surface area contributed by atoms with Crippen molar-refractivity contribution in [2.45, 2.75) is 6.04 Å². The van der Waals surface area contributed by atoms with Crippen molar-refractivity contribution < 1.29 is 0 Å². The molecule has 3 heteroatoms. The Hall–Kier alpha value is -2.26. The third-order valence-electron chi connectivity index (χ3n) is 3.25. The maximum atomic E-state index is 4.52. The Labute approximate surface area is 112 Å². The molecule has 0 saturated heterocycles. The number of nitrogens with one attached hydrogen (secondary N) is 1. The molecule has 2 aromatic heterocycles. The van der Waals surface area contributed by atoms with Crippen LogP contribution in [-0.4, -0.2) is 17.0 Å². The van der Waals surface area contributed by atoms with Crippen LogP contribution in [0, 0.1) is 0 Å². The third kappa shape index (κ3) is 2.33. The van der Waals surface area contributed by atoms with Crippen LogP contribution in [0.4, 0.5) is 0 Å². The molecule has 1 atom stereocenters. The van der Waals surface area contributed by atoms with Gasteiger partial charge in [-0.25, -0.2) is 0 Å². The van der Waals surface area contributed by atoms with Crippen molar-refractivity contribution in [3.63, 3.8) is 0 Å². The molecule has 0 radical (unpaired) electrons. The summed E-state index contributed by atoms with van der Waals surface area (Å²) in [6, 6.07) is 14.5. The molecule has 0 saturated carbocycles. The van der Waals surface area contributed by atoms with E-state index < -0.39 is 0 Å². The van der Waals surface area contributed by atoms with Crippen molar-refractivity contribution in [1.29, 1.82) is 0 Å². The lowest BCUT2D eigenvalue weighted by molar-refractivity contribution is 0.687. The predicted octanol–water partition coefficient (Wildman–Crippen LogP) is 2.94. The van der Waals surface area contributed by atoms with Crippen LogP contribution in [0.1, 0.15) is 17.2 Å². The molecule has 0 aliphatic carbocycles. The normalized spacial score (nSPS) is 12.5. The zero-order valence-corrected chi connectivity index (χ0v) is 10.7. The minimum Gasteiger partial charge on any atom is -0.309 e. The van der Waals surface area contributed by atoms with Gasteiger partial charge in [-0.1, -0.05) is 24.3 Å². The molecule has 1 N–H and O–H groups in total. The Bertz CT molecular complexity index is 680. The summed E-state index contributed by atoms with van der Waals surface area (Å²) < 4.78 is 0. The molecule has 1 aromatic carbocycles. The number of para-hydroxylation sites is 1. The Kier molecular flexibility index (Phi) is 3.21. The average molecular weight is 249 g/mol. The van der Waals surface area contributed by atoms with Crippen LogP contribution in [-0.2, 0) is 0 Å². The number of rotatable bonds is 3. The summed E-state index contributed by atoms with van der Waals surface area (Å²) in [4.78, 5) is 8.70. The van der Waals surface area contributed by atoms with Gasteiger partial charge in [0.05, 0.1) is 11.6 Å². The first kappa shape index (κ1) is 11.8. The van der Waals surface area contributed by atoms with E-state index in [4.69, 9.17) is 0 Å². The minimum atomic E-state index is 0.116. The van der Waals surface area contributed by atoms with E-state index >= 15 is 0 Å². The third-order valence-corrected chi connectivity index (χ3v) is 3.25. The molecule has 0 bridgehead atoms. The first-order valence-electron chi connectivity index (χ1n) is 6.30. The molecule has 0 fully saturated rings. The van der Waals surface area contributed by atoms with Gasteiger partial charge in [0, 0.05) is 24.0 Å². The van der Waals surface area contributed by atoms with Crippen LogP contribution in [0.25, 0.3) is 10.9 Å². The molecule has 3 nitrogen and oxygen atoms in total. The monoisotopic (exact) mass is 249 g/mol. The number of hydrogen-bond acceptors (Lipinski definition) is 3. The number of fused-ring (bicyclic) bond motifs is 1. The molecular formula is C16H15N3. The largest absolute Gasteiger partial charge is 0.309 e.